The molecule has 2 heteroatoms. The highest BCUT2D eigenvalue weighted by atomic mass is 16.5. The van der Waals surface area contributed by atoms with Crippen molar-refractivity contribution in [3.63, 3.8) is 0 Å². The minimum Gasteiger partial charge on any atom is -0.458 e. The van der Waals surface area contributed by atoms with Crippen LogP contribution in [0.4, 0.5) is 0 Å². The van der Waals surface area contributed by atoms with Gasteiger partial charge in [-0.3, -0.25) is 0 Å². The van der Waals surface area contributed by atoms with Crippen molar-refractivity contribution in [2.45, 2.75) is 47.6 Å². The maximum atomic E-state index is 10.9. The maximum Gasteiger partial charge on any atom is 0.330 e. The molecule has 0 aliphatic heterocycles. The molecule has 0 aromatic heterocycles. The van der Waals surface area contributed by atoms with Crippen LogP contribution in [0, 0.1) is 0 Å². The lowest BCUT2D eigenvalue weighted by molar-refractivity contribution is -0.138. The number of esters is 1. The van der Waals surface area contributed by atoms with Crippen LogP contribution in [-0.2, 0) is 16.1 Å². The first kappa shape index (κ1) is 18.8. The highest BCUT2D eigenvalue weighted by Crippen LogP contribution is 2.18. The molecular formula is C16H26O2. The van der Waals surface area contributed by atoms with Gasteiger partial charge >= 0.3 is 5.97 Å². The van der Waals surface area contributed by atoms with Gasteiger partial charge in [-0.05, 0) is 23.5 Å². The van der Waals surface area contributed by atoms with Crippen LogP contribution >= 0.6 is 0 Å². The van der Waals surface area contributed by atoms with Crippen molar-refractivity contribution in [3.05, 3.63) is 48.0 Å². The molecule has 0 radical (unpaired) electrons. The van der Waals surface area contributed by atoms with E-state index in [0.29, 0.717) is 12.5 Å². The molecule has 1 aromatic carbocycles. The molecule has 1 unspecified atom stereocenters. The normalized spacial score (nSPS) is 10.6. The van der Waals surface area contributed by atoms with Gasteiger partial charge in [0.05, 0.1) is 0 Å². The molecule has 0 spiro atoms. The van der Waals surface area contributed by atoms with Crippen LogP contribution in [0.5, 0.6) is 0 Å². The van der Waals surface area contributed by atoms with Crippen LogP contribution in [0.1, 0.15) is 52.2 Å². The van der Waals surface area contributed by atoms with Gasteiger partial charge in [-0.25, -0.2) is 4.79 Å². The average Bonchev–Trinajstić information content (AvgIpc) is 2.35. The third-order valence-electron chi connectivity index (χ3n) is 2.71. The van der Waals surface area contributed by atoms with Crippen molar-refractivity contribution < 1.29 is 9.53 Å². The fourth-order valence-electron chi connectivity index (χ4n) is 1.39. The first-order valence-corrected chi connectivity index (χ1v) is 5.55. The van der Waals surface area contributed by atoms with Gasteiger partial charge in [0.25, 0.3) is 0 Å². The van der Waals surface area contributed by atoms with E-state index in [4.69, 9.17) is 4.74 Å². The second kappa shape index (κ2) is 9.46. The number of benzene rings is 1. The first-order chi connectivity index (χ1) is 7.67. The van der Waals surface area contributed by atoms with Gasteiger partial charge in [-0.2, -0.15) is 0 Å². The highest BCUT2D eigenvalue weighted by molar-refractivity contribution is 5.81. The summed E-state index contributed by atoms with van der Waals surface area (Å²) in [5, 5.41) is 0. The SMILES string of the molecule is C.C.C=CC(=O)OCc1ccc(C(C)CC)cc1. The van der Waals surface area contributed by atoms with Crippen LogP contribution in [-0.4, -0.2) is 5.97 Å². The Morgan fingerprint density at radius 3 is 2.33 bits per heavy atom. The monoisotopic (exact) mass is 250 g/mol. The number of carbonyl (C=O) groups excluding carboxylic acids is 1. The van der Waals surface area contributed by atoms with Gasteiger partial charge in [-0.15, -0.1) is 0 Å². The zero-order valence-electron chi connectivity index (χ0n) is 9.90. The summed E-state index contributed by atoms with van der Waals surface area (Å²) in [4.78, 5) is 10.9. The van der Waals surface area contributed by atoms with Crippen molar-refractivity contribution in [2.75, 3.05) is 0 Å². The molecule has 0 heterocycles. The lowest BCUT2D eigenvalue weighted by Gasteiger charge is -2.09. The van der Waals surface area contributed by atoms with Crippen molar-refractivity contribution in [1.29, 1.82) is 0 Å². The largest absolute Gasteiger partial charge is 0.458 e. The van der Waals surface area contributed by atoms with E-state index in [1.807, 2.05) is 12.1 Å². The summed E-state index contributed by atoms with van der Waals surface area (Å²) >= 11 is 0. The molecule has 0 fully saturated rings. The summed E-state index contributed by atoms with van der Waals surface area (Å²) in [6, 6.07) is 8.17. The summed E-state index contributed by atoms with van der Waals surface area (Å²) < 4.78 is 4.95. The van der Waals surface area contributed by atoms with Crippen LogP contribution in [0.25, 0.3) is 0 Å². The van der Waals surface area contributed by atoms with Crippen LogP contribution in [0.15, 0.2) is 36.9 Å². The standard InChI is InChI=1S/C14H18O2.2CH4/c1-4-11(3)13-8-6-12(7-9-13)10-16-14(15)5-2;;/h5-9,11H,2,4,10H2,1,3H3;2*1H4. The average molecular weight is 250 g/mol. The fraction of sp³-hybridized carbons (Fsp3) is 0.438. The number of carbonyl (C=O) groups is 1. The van der Waals surface area contributed by atoms with Crippen molar-refractivity contribution in [1.82, 2.24) is 0 Å². The predicted octanol–water partition coefficient (Wildman–Crippen LogP) is 4.70. The topological polar surface area (TPSA) is 26.3 Å². The van der Waals surface area contributed by atoms with E-state index in [1.54, 1.807) is 0 Å². The lowest BCUT2D eigenvalue weighted by Crippen LogP contribution is -2.00. The van der Waals surface area contributed by atoms with Gasteiger partial charge in [0.1, 0.15) is 6.61 Å². The zero-order valence-corrected chi connectivity index (χ0v) is 9.90. The number of hydrogen-bond acceptors (Lipinski definition) is 2. The van der Waals surface area contributed by atoms with Crippen molar-refractivity contribution >= 4 is 5.97 Å². The Morgan fingerprint density at radius 1 is 1.33 bits per heavy atom. The minimum atomic E-state index is -0.383. The van der Waals surface area contributed by atoms with Crippen molar-refractivity contribution in [2.24, 2.45) is 0 Å². The molecule has 102 valence electrons. The quantitative estimate of drug-likeness (QED) is 0.559. The fourth-order valence-corrected chi connectivity index (χ4v) is 1.39. The second-order valence-electron chi connectivity index (χ2n) is 3.86. The van der Waals surface area contributed by atoms with Gasteiger partial charge in [0.2, 0.25) is 0 Å². The van der Waals surface area contributed by atoms with E-state index in [1.165, 1.54) is 11.6 Å². The summed E-state index contributed by atoms with van der Waals surface area (Å²) in [7, 11) is 0. The molecule has 0 saturated heterocycles. The molecular weight excluding hydrogens is 224 g/mol. The maximum absolute atomic E-state index is 10.9. The molecule has 1 atom stereocenters. The number of rotatable bonds is 5. The van der Waals surface area contributed by atoms with Gasteiger partial charge in [-0.1, -0.05) is 59.5 Å². The summed E-state index contributed by atoms with van der Waals surface area (Å²) in [6.07, 6.45) is 2.30. The van der Waals surface area contributed by atoms with E-state index in [-0.39, 0.29) is 20.8 Å². The van der Waals surface area contributed by atoms with Crippen LogP contribution < -0.4 is 0 Å². The molecule has 18 heavy (non-hydrogen) atoms. The summed E-state index contributed by atoms with van der Waals surface area (Å²) in [5.74, 6) is 0.191. The second-order valence-corrected chi connectivity index (χ2v) is 3.86. The van der Waals surface area contributed by atoms with Gasteiger partial charge in [0, 0.05) is 6.08 Å². The Labute approximate surface area is 112 Å². The Balaban J connectivity index is 0. The molecule has 0 bridgehead atoms. The highest BCUT2D eigenvalue weighted by Gasteiger charge is 2.03. The summed E-state index contributed by atoms with van der Waals surface area (Å²) in [5.41, 5.74) is 2.32. The Hall–Kier alpha value is -1.57. The van der Waals surface area contributed by atoms with Gasteiger partial charge in [0.15, 0.2) is 0 Å². The van der Waals surface area contributed by atoms with Crippen molar-refractivity contribution in [3.8, 4) is 0 Å². The van der Waals surface area contributed by atoms with Crippen LogP contribution in [0.3, 0.4) is 0 Å². The number of ether oxygens (including phenoxy) is 1. The summed E-state index contributed by atoms with van der Waals surface area (Å²) in [6.45, 7) is 8.03. The lowest BCUT2D eigenvalue weighted by atomic mass is 9.98. The molecule has 1 rings (SSSR count). The van der Waals surface area contributed by atoms with E-state index in [9.17, 15) is 4.79 Å². The van der Waals surface area contributed by atoms with E-state index in [0.717, 1.165) is 12.0 Å². The first-order valence-electron chi connectivity index (χ1n) is 5.55. The molecule has 0 saturated carbocycles. The Bertz CT molecular complexity index is 352. The molecule has 0 aliphatic rings. The molecule has 0 aliphatic carbocycles. The smallest absolute Gasteiger partial charge is 0.330 e. The van der Waals surface area contributed by atoms with Gasteiger partial charge < -0.3 is 4.74 Å². The predicted molar refractivity (Wildman–Crippen MR) is 78.6 cm³/mol. The van der Waals surface area contributed by atoms with E-state index in [2.05, 4.69) is 32.6 Å². The number of hydrogen-bond donors (Lipinski definition) is 0. The molecule has 2 nitrogen and oxygen atoms in total. The molecule has 0 N–H and O–H groups in total. The van der Waals surface area contributed by atoms with Crippen LogP contribution in [0.2, 0.25) is 0 Å². The zero-order chi connectivity index (χ0) is 12.0. The third-order valence-corrected chi connectivity index (χ3v) is 2.71. The third kappa shape index (κ3) is 5.67. The minimum absolute atomic E-state index is 0. The van der Waals surface area contributed by atoms with E-state index >= 15 is 0 Å². The molecule has 0 amide bonds. The molecule has 1 aromatic rings. The Morgan fingerprint density at radius 2 is 1.89 bits per heavy atom. The Kier molecular flexibility index (Phi) is 9.87. The van der Waals surface area contributed by atoms with E-state index < -0.39 is 0 Å².